The Kier molecular flexibility index (Phi) is 8.05. The van der Waals surface area contributed by atoms with Gasteiger partial charge in [0.25, 0.3) is 5.91 Å². The second kappa shape index (κ2) is 11.4. The molecule has 1 amide bonds. The normalized spacial score (nSPS) is 19.5. The third-order valence-electron chi connectivity index (χ3n) is 5.89. The SMILES string of the molecule is CCCCOc1ccc(/C=C2\SC(=Nc3cccnc3)N(C3CCCCC3)C2=O)cc1OC. The van der Waals surface area contributed by atoms with E-state index in [1.54, 1.807) is 19.5 Å². The maximum absolute atomic E-state index is 13.5. The summed E-state index contributed by atoms with van der Waals surface area (Å²) in [4.78, 5) is 25.0. The Morgan fingerprint density at radius 1 is 1.21 bits per heavy atom. The molecule has 0 unspecified atom stereocenters. The van der Waals surface area contributed by atoms with Crippen molar-refractivity contribution < 1.29 is 14.3 Å². The summed E-state index contributed by atoms with van der Waals surface area (Å²) in [5.41, 5.74) is 1.65. The first-order valence-electron chi connectivity index (χ1n) is 11.7. The molecule has 2 aromatic rings. The Morgan fingerprint density at radius 2 is 2.06 bits per heavy atom. The number of benzene rings is 1. The lowest BCUT2D eigenvalue weighted by molar-refractivity contribution is -0.124. The van der Waals surface area contributed by atoms with Gasteiger partial charge >= 0.3 is 0 Å². The summed E-state index contributed by atoms with van der Waals surface area (Å²) in [7, 11) is 1.64. The zero-order chi connectivity index (χ0) is 23.0. The van der Waals surface area contributed by atoms with Crippen LogP contribution in [0.1, 0.15) is 57.4 Å². The van der Waals surface area contributed by atoms with Crippen LogP contribution in [0.5, 0.6) is 11.5 Å². The second-order valence-electron chi connectivity index (χ2n) is 8.30. The predicted molar refractivity (Wildman–Crippen MR) is 134 cm³/mol. The molecule has 4 rings (SSSR count). The Morgan fingerprint density at radius 3 is 2.79 bits per heavy atom. The number of methoxy groups -OCH3 is 1. The molecule has 2 heterocycles. The average Bonchev–Trinajstić information content (AvgIpc) is 3.15. The van der Waals surface area contributed by atoms with Crippen LogP contribution in [-0.4, -0.2) is 40.7 Å². The van der Waals surface area contributed by atoms with Gasteiger partial charge in [-0.3, -0.25) is 14.7 Å². The average molecular weight is 466 g/mol. The fourth-order valence-corrected chi connectivity index (χ4v) is 5.19. The highest BCUT2D eigenvalue weighted by Gasteiger charge is 2.38. The molecule has 0 atom stereocenters. The number of nitrogens with zero attached hydrogens (tertiary/aromatic N) is 3. The highest BCUT2D eigenvalue weighted by Crippen LogP contribution is 2.39. The van der Waals surface area contributed by atoms with Gasteiger partial charge in [0, 0.05) is 12.2 Å². The maximum Gasteiger partial charge on any atom is 0.267 e. The smallest absolute Gasteiger partial charge is 0.267 e. The van der Waals surface area contributed by atoms with Crippen molar-refractivity contribution in [1.82, 2.24) is 9.88 Å². The first kappa shape index (κ1) is 23.4. The van der Waals surface area contributed by atoms with Crippen molar-refractivity contribution >= 4 is 34.6 Å². The quantitative estimate of drug-likeness (QED) is 0.343. The van der Waals surface area contributed by atoms with Gasteiger partial charge in [-0.25, -0.2) is 4.99 Å². The first-order valence-corrected chi connectivity index (χ1v) is 12.5. The number of amidine groups is 1. The van der Waals surface area contributed by atoms with Crippen LogP contribution in [0.15, 0.2) is 52.6 Å². The molecule has 7 heteroatoms. The van der Waals surface area contributed by atoms with Gasteiger partial charge < -0.3 is 9.47 Å². The van der Waals surface area contributed by atoms with E-state index in [4.69, 9.17) is 14.5 Å². The number of hydrogen-bond donors (Lipinski definition) is 0. The van der Waals surface area contributed by atoms with E-state index in [0.29, 0.717) is 17.3 Å². The molecule has 0 bridgehead atoms. The van der Waals surface area contributed by atoms with Crippen molar-refractivity contribution in [3.63, 3.8) is 0 Å². The van der Waals surface area contributed by atoms with Crippen LogP contribution in [0.3, 0.4) is 0 Å². The lowest BCUT2D eigenvalue weighted by atomic mass is 9.94. The van der Waals surface area contributed by atoms with Gasteiger partial charge in [-0.05, 0) is 66.9 Å². The molecule has 1 aromatic carbocycles. The molecule has 6 nitrogen and oxygen atoms in total. The fourth-order valence-electron chi connectivity index (χ4n) is 4.13. The molecule has 33 heavy (non-hydrogen) atoms. The highest BCUT2D eigenvalue weighted by molar-refractivity contribution is 8.18. The number of carbonyl (C=O) groups is 1. The largest absolute Gasteiger partial charge is 0.493 e. The van der Waals surface area contributed by atoms with Crippen LogP contribution in [-0.2, 0) is 4.79 Å². The van der Waals surface area contributed by atoms with Gasteiger partial charge in [0.15, 0.2) is 16.7 Å². The molecule has 0 spiro atoms. The zero-order valence-corrected chi connectivity index (χ0v) is 20.1. The number of rotatable bonds is 8. The van der Waals surface area contributed by atoms with E-state index >= 15 is 0 Å². The molecule has 0 N–H and O–H groups in total. The summed E-state index contributed by atoms with van der Waals surface area (Å²) in [6.45, 7) is 2.79. The second-order valence-corrected chi connectivity index (χ2v) is 9.30. The molecule has 1 saturated carbocycles. The minimum Gasteiger partial charge on any atom is -0.493 e. The van der Waals surface area contributed by atoms with Gasteiger partial charge in [0.2, 0.25) is 0 Å². The minimum absolute atomic E-state index is 0.0248. The minimum atomic E-state index is 0.0248. The Hall–Kier alpha value is -2.80. The lowest BCUT2D eigenvalue weighted by Crippen LogP contribution is -2.40. The molecule has 1 saturated heterocycles. The van der Waals surface area contributed by atoms with Crippen molar-refractivity contribution in [2.75, 3.05) is 13.7 Å². The zero-order valence-electron chi connectivity index (χ0n) is 19.3. The molecule has 1 aliphatic heterocycles. The van der Waals surface area contributed by atoms with Crippen molar-refractivity contribution in [2.24, 2.45) is 4.99 Å². The molecule has 2 aliphatic rings. The van der Waals surface area contributed by atoms with Crippen LogP contribution < -0.4 is 9.47 Å². The first-order chi connectivity index (χ1) is 16.2. The number of ether oxygens (including phenoxy) is 2. The standard InChI is InChI=1S/C26H31N3O3S/c1-3-4-15-32-22-13-12-19(16-23(22)31-2)17-24-25(30)29(21-10-6-5-7-11-21)26(33-24)28-20-9-8-14-27-18-20/h8-9,12-14,16-18,21H,3-7,10-11,15H2,1-2H3/b24-17-,28-26?. The van der Waals surface area contributed by atoms with E-state index in [1.165, 1.54) is 18.2 Å². The van der Waals surface area contributed by atoms with Crippen LogP contribution in [0.4, 0.5) is 5.69 Å². The van der Waals surface area contributed by atoms with Crippen molar-refractivity contribution in [3.05, 3.63) is 53.2 Å². The van der Waals surface area contributed by atoms with E-state index in [-0.39, 0.29) is 11.9 Å². The van der Waals surface area contributed by atoms with Gasteiger partial charge in [-0.15, -0.1) is 0 Å². The van der Waals surface area contributed by atoms with Crippen LogP contribution in [0, 0.1) is 0 Å². The molecule has 174 valence electrons. The van der Waals surface area contributed by atoms with Crippen LogP contribution in [0.25, 0.3) is 6.08 Å². The van der Waals surface area contributed by atoms with Gasteiger partial charge in [-0.2, -0.15) is 0 Å². The van der Waals surface area contributed by atoms with Crippen molar-refractivity contribution in [3.8, 4) is 11.5 Å². The van der Waals surface area contributed by atoms with E-state index in [1.807, 2.05) is 41.3 Å². The number of thioether (sulfide) groups is 1. The molecular weight excluding hydrogens is 434 g/mol. The molecule has 1 aromatic heterocycles. The Bertz CT molecular complexity index is 1020. The van der Waals surface area contributed by atoms with Gasteiger partial charge in [0.05, 0.1) is 30.5 Å². The van der Waals surface area contributed by atoms with Crippen molar-refractivity contribution in [2.45, 2.75) is 57.9 Å². The third kappa shape index (κ3) is 5.77. The summed E-state index contributed by atoms with van der Waals surface area (Å²) in [5, 5.41) is 0.734. The number of aromatic nitrogens is 1. The van der Waals surface area contributed by atoms with E-state index in [2.05, 4.69) is 11.9 Å². The number of carbonyl (C=O) groups excluding carboxylic acids is 1. The van der Waals surface area contributed by atoms with Gasteiger partial charge in [0.1, 0.15) is 0 Å². The highest BCUT2D eigenvalue weighted by atomic mass is 32.2. The summed E-state index contributed by atoms with van der Waals surface area (Å²) < 4.78 is 11.4. The summed E-state index contributed by atoms with van der Waals surface area (Å²) >= 11 is 1.43. The third-order valence-corrected chi connectivity index (χ3v) is 6.87. The molecule has 0 radical (unpaired) electrons. The molecule has 1 aliphatic carbocycles. The monoisotopic (exact) mass is 465 g/mol. The van der Waals surface area contributed by atoms with E-state index in [9.17, 15) is 4.79 Å². The summed E-state index contributed by atoms with van der Waals surface area (Å²) in [6, 6.07) is 9.76. The van der Waals surface area contributed by atoms with Crippen molar-refractivity contribution in [1.29, 1.82) is 0 Å². The van der Waals surface area contributed by atoms with Crippen LogP contribution in [0.2, 0.25) is 0 Å². The van der Waals surface area contributed by atoms with E-state index < -0.39 is 0 Å². The number of unbranched alkanes of at least 4 members (excludes halogenated alkanes) is 1. The van der Waals surface area contributed by atoms with Crippen LogP contribution >= 0.6 is 11.8 Å². The predicted octanol–water partition coefficient (Wildman–Crippen LogP) is 6.21. The van der Waals surface area contributed by atoms with E-state index in [0.717, 1.165) is 60.7 Å². The Labute approximate surface area is 200 Å². The maximum atomic E-state index is 13.5. The lowest BCUT2D eigenvalue weighted by Gasteiger charge is -2.30. The Balaban J connectivity index is 1.62. The molecular formula is C26H31N3O3S. The van der Waals surface area contributed by atoms with Gasteiger partial charge in [-0.1, -0.05) is 38.7 Å². The number of pyridine rings is 1. The summed E-state index contributed by atoms with van der Waals surface area (Å²) in [6.07, 6.45) is 13.0. The summed E-state index contributed by atoms with van der Waals surface area (Å²) in [5.74, 6) is 1.42. The fraction of sp³-hybridized carbons (Fsp3) is 0.423. The number of hydrogen-bond acceptors (Lipinski definition) is 6. The topological polar surface area (TPSA) is 64.0 Å². The number of amides is 1. The number of aliphatic imine (C=N–C) groups is 1. The molecule has 2 fully saturated rings.